The average Bonchev–Trinajstić information content (AvgIpc) is 2.69. The maximum Gasteiger partial charge on any atom is 0.255 e. The minimum Gasteiger partial charge on any atom is -0.322 e. The van der Waals surface area contributed by atoms with Crippen LogP contribution in [0.1, 0.15) is 46.9 Å². The van der Waals surface area contributed by atoms with Crippen molar-refractivity contribution < 1.29 is 18.0 Å². The van der Waals surface area contributed by atoms with Gasteiger partial charge >= 0.3 is 0 Å². The summed E-state index contributed by atoms with van der Waals surface area (Å²) in [5.41, 5.74) is 1.24. The van der Waals surface area contributed by atoms with Crippen LogP contribution in [0, 0.1) is 0 Å². The monoisotopic (exact) mass is 420 g/mol. The molecule has 0 unspecified atom stereocenters. The molecule has 0 bridgehead atoms. The summed E-state index contributed by atoms with van der Waals surface area (Å²) in [5.74, 6) is -0.523. The second-order valence-electron chi connectivity index (χ2n) is 6.70. The van der Waals surface area contributed by atoms with Crippen molar-refractivity contribution in [2.75, 3.05) is 18.4 Å². The first-order chi connectivity index (χ1) is 13.3. The van der Waals surface area contributed by atoms with E-state index < -0.39 is 15.9 Å². The van der Waals surface area contributed by atoms with Gasteiger partial charge in [-0.3, -0.25) is 9.59 Å². The number of Topliss-reactive ketones (excluding diaryl/α,β-unsaturated/α-hetero) is 1. The molecule has 0 saturated carbocycles. The number of sulfonamides is 1. The molecule has 1 N–H and O–H groups in total. The molecular weight excluding hydrogens is 400 g/mol. The van der Waals surface area contributed by atoms with Crippen LogP contribution in [0.25, 0.3) is 0 Å². The zero-order chi connectivity index (χ0) is 20.3. The van der Waals surface area contributed by atoms with Gasteiger partial charge in [-0.2, -0.15) is 4.31 Å². The zero-order valence-corrected chi connectivity index (χ0v) is 17.0. The number of ketones is 1. The molecule has 2 aromatic carbocycles. The van der Waals surface area contributed by atoms with Crippen molar-refractivity contribution in [2.45, 2.75) is 31.1 Å². The Kier molecular flexibility index (Phi) is 6.17. The molecule has 0 aromatic heterocycles. The summed E-state index contributed by atoms with van der Waals surface area (Å²) >= 11 is 6.14. The highest BCUT2D eigenvalue weighted by atomic mass is 35.5. The molecule has 6 nitrogen and oxygen atoms in total. The maximum atomic E-state index is 12.9. The summed E-state index contributed by atoms with van der Waals surface area (Å²) < 4.78 is 27.3. The first-order valence-electron chi connectivity index (χ1n) is 9.01. The number of nitrogens with one attached hydrogen (secondary N) is 1. The molecule has 1 fully saturated rings. The van der Waals surface area contributed by atoms with E-state index in [4.69, 9.17) is 11.6 Å². The van der Waals surface area contributed by atoms with Gasteiger partial charge in [0.1, 0.15) is 4.90 Å². The van der Waals surface area contributed by atoms with Crippen LogP contribution < -0.4 is 5.32 Å². The number of halogens is 1. The van der Waals surface area contributed by atoms with Gasteiger partial charge in [0.2, 0.25) is 10.0 Å². The van der Waals surface area contributed by atoms with Crippen molar-refractivity contribution in [3.8, 4) is 0 Å². The smallest absolute Gasteiger partial charge is 0.255 e. The van der Waals surface area contributed by atoms with Crippen molar-refractivity contribution >= 4 is 39.0 Å². The van der Waals surface area contributed by atoms with E-state index in [0.29, 0.717) is 24.3 Å². The SMILES string of the molecule is CC(=O)c1ccc(NC(=O)c2ccc(Cl)c(S(=O)(=O)N3CCCCC3)c2)cc1. The molecule has 0 atom stereocenters. The van der Waals surface area contributed by atoms with Gasteiger partial charge in [0.05, 0.1) is 5.02 Å². The topological polar surface area (TPSA) is 83.5 Å². The quantitative estimate of drug-likeness (QED) is 0.742. The number of amides is 1. The highest BCUT2D eigenvalue weighted by Gasteiger charge is 2.28. The summed E-state index contributed by atoms with van der Waals surface area (Å²) in [7, 11) is -3.75. The Morgan fingerprint density at radius 3 is 2.18 bits per heavy atom. The predicted octanol–water partition coefficient (Wildman–Crippen LogP) is 3.97. The predicted molar refractivity (Wildman–Crippen MR) is 108 cm³/mol. The minimum absolute atomic E-state index is 0.0596. The molecule has 0 aliphatic carbocycles. The molecule has 1 aliphatic heterocycles. The van der Waals surface area contributed by atoms with Gasteiger partial charge in [-0.25, -0.2) is 8.42 Å². The van der Waals surface area contributed by atoms with Crippen molar-refractivity contribution in [2.24, 2.45) is 0 Å². The number of carbonyl (C=O) groups is 2. The number of hydrogen-bond donors (Lipinski definition) is 1. The molecule has 1 amide bonds. The molecule has 8 heteroatoms. The Bertz CT molecular complexity index is 997. The number of piperidine rings is 1. The second kappa shape index (κ2) is 8.43. The fourth-order valence-corrected chi connectivity index (χ4v) is 5.10. The van der Waals surface area contributed by atoms with Crippen LogP contribution in [-0.2, 0) is 10.0 Å². The minimum atomic E-state index is -3.75. The van der Waals surface area contributed by atoms with Gasteiger partial charge in [0.25, 0.3) is 5.91 Å². The zero-order valence-electron chi connectivity index (χ0n) is 15.4. The van der Waals surface area contributed by atoms with Gasteiger partial charge in [0.15, 0.2) is 5.78 Å². The highest BCUT2D eigenvalue weighted by molar-refractivity contribution is 7.89. The molecular formula is C20H21ClN2O4S. The van der Waals surface area contributed by atoms with Crippen LogP contribution in [0.15, 0.2) is 47.4 Å². The lowest BCUT2D eigenvalue weighted by Crippen LogP contribution is -2.35. The molecule has 3 rings (SSSR count). The largest absolute Gasteiger partial charge is 0.322 e. The van der Waals surface area contributed by atoms with Crippen LogP contribution in [0.3, 0.4) is 0 Å². The summed E-state index contributed by atoms with van der Waals surface area (Å²) in [6.07, 6.45) is 2.63. The standard InChI is InChI=1S/C20H21ClN2O4S/c1-14(24)15-5-8-17(9-6-15)22-20(25)16-7-10-18(21)19(13-16)28(26,27)23-11-3-2-4-12-23/h5-10,13H,2-4,11-12H2,1H3,(H,22,25). The number of nitrogens with zero attached hydrogens (tertiary/aromatic N) is 1. The van der Waals surface area contributed by atoms with Crippen molar-refractivity contribution in [3.05, 3.63) is 58.6 Å². The van der Waals surface area contributed by atoms with E-state index in [1.54, 1.807) is 24.3 Å². The van der Waals surface area contributed by atoms with E-state index in [1.165, 1.54) is 29.4 Å². The van der Waals surface area contributed by atoms with Crippen LogP contribution in [0.2, 0.25) is 5.02 Å². The molecule has 1 aliphatic rings. The van der Waals surface area contributed by atoms with Gasteiger partial charge in [-0.15, -0.1) is 0 Å². The maximum absolute atomic E-state index is 12.9. The molecule has 1 heterocycles. The van der Waals surface area contributed by atoms with Crippen LogP contribution in [0.5, 0.6) is 0 Å². The van der Waals surface area contributed by atoms with E-state index >= 15 is 0 Å². The normalized spacial score (nSPS) is 15.2. The van der Waals surface area contributed by atoms with Crippen molar-refractivity contribution in [1.29, 1.82) is 0 Å². The highest BCUT2D eigenvalue weighted by Crippen LogP contribution is 2.28. The van der Waals surface area contributed by atoms with Gasteiger partial charge < -0.3 is 5.32 Å². The van der Waals surface area contributed by atoms with Gasteiger partial charge in [0, 0.05) is 29.9 Å². The average molecular weight is 421 g/mol. The third kappa shape index (κ3) is 4.43. The summed E-state index contributed by atoms with van der Waals surface area (Å²) in [6, 6.07) is 10.7. The van der Waals surface area contributed by atoms with E-state index in [2.05, 4.69) is 5.32 Å². The Balaban J connectivity index is 1.83. The number of benzene rings is 2. The summed E-state index contributed by atoms with van der Waals surface area (Å²) in [4.78, 5) is 23.8. The summed E-state index contributed by atoms with van der Waals surface area (Å²) in [6.45, 7) is 2.38. The molecule has 0 radical (unpaired) electrons. The Morgan fingerprint density at radius 2 is 1.57 bits per heavy atom. The number of rotatable bonds is 5. The third-order valence-electron chi connectivity index (χ3n) is 4.68. The Morgan fingerprint density at radius 1 is 0.964 bits per heavy atom. The lowest BCUT2D eigenvalue weighted by molar-refractivity contribution is 0.101. The van der Waals surface area contributed by atoms with Crippen LogP contribution in [0.4, 0.5) is 5.69 Å². The van der Waals surface area contributed by atoms with E-state index in [1.807, 2.05) is 0 Å². The van der Waals surface area contributed by atoms with E-state index in [-0.39, 0.29) is 21.3 Å². The molecule has 1 saturated heterocycles. The van der Waals surface area contributed by atoms with Gasteiger partial charge in [-0.1, -0.05) is 18.0 Å². The fourth-order valence-electron chi connectivity index (χ4n) is 3.08. The Labute approximate surface area is 169 Å². The van der Waals surface area contributed by atoms with Crippen molar-refractivity contribution in [1.82, 2.24) is 4.31 Å². The number of hydrogen-bond acceptors (Lipinski definition) is 4. The molecule has 2 aromatic rings. The lowest BCUT2D eigenvalue weighted by atomic mass is 10.1. The third-order valence-corrected chi connectivity index (χ3v) is 7.06. The number of carbonyl (C=O) groups excluding carboxylic acids is 2. The lowest BCUT2D eigenvalue weighted by Gasteiger charge is -2.26. The molecule has 0 spiro atoms. The molecule has 148 valence electrons. The Hall–Kier alpha value is -2.22. The van der Waals surface area contributed by atoms with Gasteiger partial charge in [-0.05, 0) is 62.2 Å². The van der Waals surface area contributed by atoms with Crippen molar-refractivity contribution in [3.63, 3.8) is 0 Å². The number of anilines is 1. The summed E-state index contributed by atoms with van der Waals surface area (Å²) in [5, 5.41) is 2.79. The first-order valence-corrected chi connectivity index (χ1v) is 10.8. The van der Waals surface area contributed by atoms with Crippen LogP contribution in [-0.4, -0.2) is 37.5 Å². The fraction of sp³-hybridized carbons (Fsp3) is 0.300. The molecule has 28 heavy (non-hydrogen) atoms. The van der Waals surface area contributed by atoms with Crippen LogP contribution >= 0.6 is 11.6 Å². The van der Waals surface area contributed by atoms with E-state index in [0.717, 1.165) is 19.3 Å². The van der Waals surface area contributed by atoms with E-state index in [9.17, 15) is 18.0 Å². The second-order valence-corrected chi connectivity index (χ2v) is 9.01. The first kappa shape index (κ1) is 20.5.